The summed E-state index contributed by atoms with van der Waals surface area (Å²) in [6.45, 7) is 5.68. The van der Waals surface area contributed by atoms with E-state index in [0.717, 1.165) is 52.0 Å². The van der Waals surface area contributed by atoms with Crippen LogP contribution in [0.4, 0.5) is 0 Å². The summed E-state index contributed by atoms with van der Waals surface area (Å²) in [6.07, 6.45) is 2.81. The molecule has 0 aromatic heterocycles. The Hall–Kier alpha value is -0.210. The van der Waals surface area contributed by atoms with Crippen molar-refractivity contribution in [3.8, 4) is 0 Å². The standard InChI is InChI=1S/C10H22N4O2S/c15-17(16,13-10-2-3-10)12-4-1-7-14-8-5-11-6-9-14/h10-13H,1-9H2. The van der Waals surface area contributed by atoms with E-state index in [9.17, 15) is 8.42 Å². The summed E-state index contributed by atoms with van der Waals surface area (Å²) >= 11 is 0. The van der Waals surface area contributed by atoms with Crippen molar-refractivity contribution in [2.45, 2.75) is 25.3 Å². The van der Waals surface area contributed by atoms with Crippen LogP contribution < -0.4 is 14.8 Å². The molecule has 2 fully saturated rings. The van der Waals surface area contributed by atoms with Gasteiger partial charge < -0.3 is 10.2 Å². The van der Waals surface area contributed by atoms with Gasteiger partial charge in [0.05, 0.1) is 0 Å². The lowest BCUT2D eigenvalue weighted by atomic mass is 10.3. The first kappa shape index (κ1) is 13.2. The quantitative estimate of drug-likeness (QED) is 0.508. The van der Waals surface area contributed by atoms with E-state index in [1.807, 2.05) is 0 Å². The summed E-state index contributed by atoms with van der Waals surface area (Å²) < 4.78 is 28.2. The molecule has 3 N–H and O–H groups in total. The van der Waals surface area contributed by atoms with Crippen molar-refractivity contribution < 1.29 is 8.42 Å². The first-order valence-electron chi connectivity index (χ1n) is 6.36. The minimum absolute atomic E-state index is 0.181. The lowest BCUT2D eigenvalue weighted by Gasteiger charge is -2.27. The van der Waals surface area contributed by atoms with E-state index in [0.29, 0.717) is 6.54 Å². The molecule has 7 heteroatoms. The van der Waals surface area contributed by atoms with E-state index in [1.165, 1.54) is 0 Å². The second-order valence-electron chi connectivity index (χ2n) is 4.74. The van der Waals surface area contributed by atoms with Crippen molar-refractivity contribution in [2.75, 3.05) is 39.3 Å². The summed E-state index contributed by atoms with van der Waals surface area (Å²) in [5, 5.41) is 3.29. The van der Waals surface area contributed by atoms with Gasteiger partial charge in [0.25, 0.3) is 10.2 Å². The van der Waals surface area contributed by atoms with Crippen molar-refractivity contribution in [3.05, 3.63) is 0 Å². The van der Waals surface area contributed by atoms with Crippen molar-refractivity contribution in [1.82, 2.24) is 19.7 Å². The van der Waals surface area contributed by atoms with Crippen LogP contribution in [0, 0.1) is 0 Å². The second kappa shape index (κ2) is 6.10. The zero-order valence-corrected chi connectivity index (χ0v) is 10.9. The van der Waals surface area contributed by atoms with E-state index < -0.39 is 10.2 Å². The van der Waals surface area contributed by atoms with Gasteiger partial charge in [0.15, 0.2) is 0 Å². The van der Waals surface area contributed by atoms with Crippen molar-refractivity contribution in [3.63, 3.8) is 0 Å². The monoisotopic (exact) mass is 262 g/mol. The van der Waals surface area contributed by atoms with Gasteiger partial charge in [-0.3, -0.25) is 0 Å². The lowest BCUT2D eigenvalue weighted by molar-refractivity contribution is 0.239. The van der Waals surface area contributed by atoms with Gasteiger partial charge in [0, 0.05) is 38.8 Å². The predicted molar refractivity (Wildman–Crippen MR) is 67.0 cm³/mol. The Bertz CT molecular complexity index is 323. The first-order chi connectivity index (χ1) is 8.16. The van der Waals surface area contributed by atoms with Crippen LogP contribution in [0.3, 0.4) is 0 Å². The number of rotatable bonds is 7. The second-order valence-corrected chi connectivity index (χ2v) is 6.27. The molecule has 6 nitrogen and oxygen atoms in total. The van der Waals surface area contributed by atoms with Gasteiger partial charge in [-0.25, -0.2) is 4.72 Å². The molecule has 1 heterocycles. The summed E-state index contributed by atoms with van der Waals surface area (Å²) in [5.74, 6) is 0. The minimum Gasteiger partial charge on any atom is -0.314 e. The highest BCUT2D eigenvalue weighted by Crippen LogP contribution is 2.19. The van der Waals surface area contributed by atoms with Crippen LogP contribution in [-0.2, 0) is 10.2 Å². The average molecular weight is 262 g/mol. The Morgan fingerprint density at radius 2 is 1.94 bits per heavy atom. The van der Waals surface area contributed by atoms with Crippen LogP contribution in [0.25, 0.3) is 0 Å². The van der Waals surface area contributed by atoms with Crippen molar-refractivity contribution >= 4 is 10.2 Å². The van der Waals surface area contributed by atoms with E-state index >= 15 is 0 Å². The number of hydrogen-bond donors (Lipinski definition) is 3. The third-order valence-corrected chi connectivity index (χ3v) is 4.28. The highest BCUT2D eigenvalue weighted by Gasteiger charge is 2.26. The molecule has 2 rings (SSSR count). The highest BCUT2D eigenvalue weighted by molar-refractivity contribution is 7.87. The fourth-order valence-corrected chi connectivity index (χ4v) is 3.08. The number of hydrogen-bond acceptors (Lipinski definition) is 4. The lowest BCUT2D eigenvalue weighted by Crippen LogP contribution is -2.44. The molecule has 1 saturated carbocycles. The molecule has 1 aliphatic carbocycles. The van der Waals surface area contributed by atoms with Gasteiger partial charge >= 0.3 is 0 Å². The molecule has 0 aromatic rings. The van der Waals surface area contributed by atoms with Gasteiger partial charge in [-0.15, -0.1) is 0 Å². The van der Waals surface area contributed by atoms with E-state index in [1.54, 1.807) is 0 Å². The van der Waals surface area contributed by atoms with Gasteiger partial charge in [-0.05, 0) is 25.8 Å². The largest absolute Gasteiger partial charge is 0.314 e. The predicted octanol–water partition coefficient (Wildman–Crippen LogP) is -1.13. The normalized spacial score (nSPS) is 22.8. The van der Waals surface area contributed by atoms with Crippen LogP contribution in [0.5, 0.6) is 0 Å². The molecule has 0 spiro atoms. The smallest absolute Gasteiger partial charge is 0.277 e. The molecule has 0 bridgehead atoms. The molecular weight excluding hydrogens is 240 g/mol. The van der Waals surface area contributed by atoms with E-state index in [4.69, 9.17) is 0 Å². The SMILES string of the molecule is O=S(=O)(NCCCN1CCNCC1)NC1CC1. The molecule has 2 aliphatic rings. The Labute approximate surface area is 103 Å². The van der Waals surface area contributed by atoms with Crippen LogP contribution in [-0.4, -0.2) is 58.6 Å². The van der Waals surface area contributed by atoms with Gasteiger partial charge in [-0.2, -0.15) is 13.1 Å². The zero-order valence-electron chi connectivity index (χ0n) is 10.1. The molecule has 17 heavy (non-hydrogen) atoms. The molecule has 1 saturated heterocycles. The topological polar surface area (TPSA) is 73.5 Å². The van der Waals surface area contributed by atoms with Crippen LogP contribution >= 0.6 is 0 Å². The maximum Gasteiger partial charge on any atom is 0.277 e. The maximum absolute atomic E-state index is 11.5. The molecule has 100 valence electrons. The number of nitrogens with one attached hydrogen (secondary N) is 3. The minimum atomic E-state index is -3.25. The summed E-state index contributed by atoms with van der Waals surface area (Å²) in [4.78, 5) is 2.36. The Morgan fingerprint density at radius 1 is 1.24 bits per heavy atom. The van der Waals surface area contributed by atoms with Crippen molar-refractivity contribution in [1.29, 1.82) is 0 Å². The summed E-state index contributed by atoms with van der Waals surface area (Å²) in [5.41, 5.74) is 0. The van der Waals surface area contributed by atoms with Gasteiger partial charge in [0.2, 0.25) is 0 Å². The molecule has 0 radical (unpaired) electrons. The average Bonchev–Trinajstić information content (AvgIpc) is 3.09. The molecule has 0 aromatic carbocycles. The highest BCUT2D eigenvalue weighted by atomic mass is 32.2. The molecule has 0 amide bonds. The summed E-state index contributed by atoms with van der Waals surface area (Å²) in [7, 11) is -3.25. The molecular formula is C10H22N4O2S. The van der Waals surface area contributed by atoms with Gasteiger partial charge in [0.1, 0.15) is 0 Å². The van der Waals surface area contributed by atoms with Crippen LogP contribution in [0.1, 0.15) is 19.3 Å². The van der Waals surface area contributed by atoms with Crippen LogP contribution in [0.2, 0.25) is 0 Å². The molecule has 0 atom stereocenters. The summed E-state index contributed by atoms with van der Waals surface area (Å²) in [6, 6.07) is 0.181. The maximum atomic E-state index is 11.5. The Morgan fingerprint density at radius 3 is 2.59 bits per heavy atom. The third kappa shape index (κ3) is 5.31. The zero-order chi connectivity index (χ0) is 12.1. The third-order valence-electron chi connectivity index (χ3n) is 3.05. The fraction of sp³-hybridized carbons (Fsp3) is 1.00. The van der Waals surface area contributed by atoms with Gasteiger partial charge in [-0.1, -0.05) is 0 Å². The Kier molecular flexibility index (Phi) is 4.75. The van der Waals surface area contributed by atoms with E-state index in [2.05, 4.69) is 19.7 Å². The fourth-order valence-electron chi connectivity index (χ4n) is 1.91. The molecule has 0 unspecified atom stereocenters. The first-order valence-corrected chi connectivity index (χ1v) is 7.84. The Balaban J connectivity index is 1.55. The number of piperazine rings is 1. The molecule has 1 aliphatic heterocycles. The van der Waals surface area contributed by atoms with E-state index in [-0.39, 0.29) is 6.04 Å². The number of nitrogens with zero attached hydrogens (tertiary/aromatic N) is 1. The van der Waals surface area contributed by atoms with Crippen LogP contribution in [0.15, 0.2) is 0 Å². The van der Waals surface area contributed by atoms with Crippen molar-refractivity contribution in [2.24, 2.45) is 0 Å².